The molecule has 1 aliphatic rings. The van der Waals surface area contributed by atoms with E-state index >= 15 is 0 Å². The van der Waals surface area contributed by atoms with Crippen LogP contribution in [0.4, 0.5) is 9.18 Å². The SMILES string of the molecule is C[Si](C)OC(c1c(OCc2ccc(F)cc2)ccc2c(CCC3CCN(C(=O)OC(C)(C)C)CC3)noc12)C(C)(C)C. The Morgan fingerprint density at radius 2 is 1.74 bits per heavy atom. The smallest absolute Gasteiger partial charge is 0.410 e. The minimum absolute atomic E-state index is 0.223. The van der Waals surface area contributed by atoms with Crippen LogP contribution in [0.5, 0.6) is 5.75 Å². The van der Waals surface area contributed by atoms with Gasteiger partial charge in [0.15, 0.2) is 5.58 Å². The van der Waals surface area contributed by atoms with E-state index in [1.54, 1.807) is 12.1 Å². The Kier molecular flexibility index (Phi) is 10.0. The van der Waals surface area contributed by atoms with Crippen molar-refractivity contribution >= 4 is 26.1 Å². The number of piperidine rings is 1. The molecule has 42 heavy (non-hydrogen) atoms. The van der Waals surface area contributed by atoms with E-state index in [-0.39, 0.29) is 23.4 Å². The van der Waals surface area contributed by atoms with Crippen molar-refractivity contribution in [2.45, 2.75) is 98.6 Å². The summed E-state index contributed by atoms with van der Waals surface area (Å²) in [6.45, 7) is 18.1. The van der Waals surface area contributed by atoms with Gasteiger partial charge in [0.25, 0.3) is 0 Å². The zero-order valence-corrected chi connectivity index (χ0v) is 27.4. The fourth-order valence-corrected chi connectivity index (χ4v) is 6.27. The fraction of sp³-hybridized carbons (Fsp3) is 0.576. The predicted molar refractivity (Wildman–Crippen MR) is 164 cm³/mol. The van der Waals surface area contributed by atoms with Crippen LogP contribution in [0.15, 0.2) is 40.9 Å². The fourth-order valence-electron chi connectivity index (χ4n) is 5.33. The van der Waals surface area contributed by atoms with E-state index in [1.165, 1.54) is 12.1 Å². The molecule has 1 atom stereocenters. The Morgan fingerprint density at radius 1 is 1.07 bits per heavy atom. The van der Waals surface area contributed by atoms with Crippen LogP contribution in [0.1, 0.15) is 83.7 Å². The van der Waals surface area contributed by atoms with Crippen molar-refractivity contribution in [3.8, 4) is 5.75 Å². The molecule has 1 aliphatic heterocycles. The Labute approximate surface area is 251 Å². The third-order valence-corrected chi connectivity index (χ3v) is 8.19. The molecule has 1 radical (unpaired) electrons. The van der Waals surface area contributed by atoms with Gasteiger partial charge in [-0.25, -0.2) is 9.18 Å². The minimum atomic E-state index is -1.05. The van der Waals surface area contributed by atoms with Crippen LogP contribution in [0, 0.1) is 17.2 Å². The number of halogens is 1. The maximum atomic E-state index is 13.4. The largest absolute Gasteiger partial charge is 0.488 e. The van der Waals surface area contributed by atoms with E-state index in [4.69, 9.17) is 18.4 Å². The molecule has 0 N–H and O–H groups in total. The van der Waals surface area contributed by atoms with E-state index in [1.807, 2.05) is 37.8 Å². The summed E-state index contributed by atoms with van der Waals surface area (Å²) in [5, 5.41) is 5.51. The first-order valence-electron chi connectivity index (χ1n) is 14.9. The third kappa shape index (κ3) is 8.34. The quantitative estimate of drug-likeness (QED) is 0.230. The topological polar surface area (TPSA) is 74.0 Å². The highest BCUT2D eigenvalue weighted by atomic mass is 28.3. The number of ether oxygens (including phenoxy) is 2. The summed E-state index contributed by atoms with van der Waals surface area (Å²) in [4.78, 5) is 14.3. The van der Waals surface area contributed by atoms with Crippen molar-refractivity contribution in [3.05, 3.63) is 59.0 Å². The lowest BCUT2D eigenvalue weighted by atomic mass is 9.83. The van der Waals surface area contributed by atoms with Gasteiger partial charge in [-0.05, 0) is 101 Å². The molecule has 4 rings (SSSR count). The number of amides is 1. The second-order valence-corrected chi connectivity index (χ2v) is 15.7. The summed E-state index contributed by atoms with van der Waals surface area (Å²) in [5.41, 5.74) is 2.67. The minimum Gasteiger partial charge on any atom is -0.488 e. The molecule has 1 aromatic heterocycles. The van der Waals surface area contributed by atoms with Gasteiger partial charge in [-0.15, -0.1) is 0 Å². The van der Waals surface area contributed by atoms with E-state index in [0.717, 1.165) is 47.9 Å². The van der Waals surface area contributed by atoms with Crippen LogP contribution in [0.2, 0.25) is 13.1 Å². The second-order valence-electron chi connectivity index (χ2n) is 13.6. The number of rotatable bonds is 9. The lowest BCUT2D eigenvalue weighted by molar-refractivity contribution is 0.0181. The molecule has 9 heteroatoms. The van der Waals surface area contributed by atoms with Gasteiger partial charge in [-0.3, -0.25) is 0 Å². The van der Waals surface area contributed by atoms with Crippen molar-refractivity contribution in [2.24, 2.45) is 11.3 Å². The van der Waals surface area contributed by atoms with Gasteiger partial charge in [-0.2, -0.15) is 0 Å². The van der Waals surface area contributed by atoms with Gasteiger partial charge >= 0.3 is 6.09 Å². The molecule has 2 aromatic carbocycles. The molecule has 7 nitrogen and oxygen atoms in total. The molecular weight excluding hydrogens is 551 g/mol. The average Bonchev–Trinajstić information content (AvgIpc) is 3.32. The van der Waals surface area contributed by atoms with Crippen LogP contribution in [0.3, 0.4) is 0 Å². The van der Waals surface area contributed by atoms with E-state index in [2.05, 4.69) is 39.0 Å². The van der Waals surface area contributed by atoms with Crippen molar-refractivity contribution < 1.29 is 27.6 Å². The molecule has 0 saturated carbocycles. The number of hydrogen-bond acceptors (Lipinski definition) is 6. The normalized spacial score (nSPS) is 15.8. The van der Waals surface area contributed by atoms with Crippen molar-refractivity contribution in [1.29, 1.82) is 0 Å². The lowest BCUT2D eigenvalue weighted by Crippen LogP contribution is -2.41. The molecule has 0 spiro atoms. The number of aromatic nitrogens is 1. The molecule has 2 heterocycles. The average molecular weight is 598 g/mol. The Hall–Kier alpha value is -2.91. The zero-order valence-electron chi connectivity index (χ0n) is 26.4. The van der Waals surface area contributed by atoms with Crippen molar-refractivity contribution in [2.75, 3.05) is 13.1 Å². The number of hydrogen-bond donors (Lipinski definition) is 0. The highest BCUT2D eigenvalue weighted by molar-refractivity contribution is 6.48. The Balaban J connectivity index is 1.53. The van der Waals surface area contributed by atoms with Gasteiger partial charge in [0, 0.05) is 18.5 Å². The van der Waals surface area contributed by atoms with E-state index < -0.39 is 14.6 Å². The maximum absolute atomic E-state index is 13.4. The molecule has 1 amide bonds. The van der Waals surface area contributed by atoms with Crippen molar-refractivity contribution in [1.82, 2.24) is 10.1 Å². The Morgan fingerprint density at radius 3 is 2.33 bits per heavy atom. The highest BCUT2D eigenvalue weighted by Crippen LogP contribution is 2.45. The first-order chi connectivity index (χ1) is 19.7. The molecule has 1 saturated heterocycles. The monoisotopic (exact) mass is 597 g/mol. The van der Waals surface area contributed by atoms with Crippen molar-refractivity contribution in [3.63, 3.8) is 0 Å². The molecule has 1 fully saturated rings. The molecular formula is C33H46FN2O5Si. The number of fused-ring (bicyclic) bond motifs is 1. The molecule has 229 valence electrons. The standard InChI is InChI=1S/C33H46FN2O5Si/c1-32(2,3)30(41-42(7)8)28-27(38-21-23-9-12-24(34)13-10-23)16-14-25-26(35-40-29(25)28)15-11-22-17-19-36(20-18-22)31(37)39-33(4,5)6/h9-10,12-14,16,22,30H,11,15,17-21H2,1-8H3. The number of nitrogens with zero attached hydrogens (tertiary/aromatic N) is 2. The first kappa shape index (κ1) is 32.0. The molecule has 0 aliphatic carbocycles. The molecule has 0 bridgehead atoms. The second kappa shape index (κ2) is 13.2. The summed E-state index contributed by atoms with van der Waals surface area (Å²) in [6, 6.07) is 10.4. The highest BCUT2D eigenvalue weighted by Gasteiger charge is 2.35. The van der Waals surface area contributed by atoms with Crippen LogP contribution in [0.25, 0.3) is 11.0 Å². The van der Waals surface area contributed by atoms with E-state index in [9.17, 15) is 9.18 Å². The van der Waals surface area contributed by atoms with Gasteiger partial charge < -0.3 is 23.3 Å². The number of likely N-dealkylation sites (tertiary alicyclic amines) is 1. The van der Waals surface area contributed by atoms with Crippen LogP contribution >= 0.6 is 0 Å². The number of benzene rings is 2. The molecule has 1 unspecified atom stereocenters. The first-order valence-corrected chi connectivity index (χ1v) is 17.3. The number of carbonyl (C=O) groups is 1. The third-order valence-electron chi connectivity index (χ3n) is 7.48. The zero-order chi connectivity index (χ0) is 30.7. The lowest BCUT2D eigenvalue weighted by Gasteiger charge is -2.33. The summed E-state index contributed by atoms with van der Waals surface area (Å²) in [7, 11) is -1.05. The molecule has 3 aromatic rings. The van der Waals surface area contributed by atoms with Crippen LogP contribution in [-0.2, 0) is 22.2 Å². The number of carbonyl (C=O) groups excluding carboxylic acids is 1. The maximum Gasteiger partial charge on any atom is 0.410 e. The Bertz CT molecular complexity index is 1340. The summed E-state index contributed by atoms with van der Waals surface area (Å²) in [6.07, 6.45) is 3.16. The van der Waals surface area contributed by atoms with Gasteiger partial charge in [0.1, 0.15) is 23.8 Å². The van der Waals surface area contributed by atoms with Crippen LogP contribution in [-0.4, -0.2) is 43.9 Å². The van der Waals surface area contributed by atoms with Crippen LogP contribution < -0.4 is 4.74 Å². The van der Waals surface area contributed by atoms with E-state index in [0.29, 0.717) is 36.9 Å². The summed E-state index contributed by atoms with van der Waals surface area (Å²) in [5.74, 6) is 0.918. The van der Waals surface area contributed by atoms with Gasteiger partial charge in [0.05, 0.1) is 17.4 Å². The van der Waals surface area contributed by atoms with Gasteiger partial charge in [-0.1, -0.05) is 38.1 Å². The summed E-state index contributed by atoms with van der Waals surface area (Å²) < 4.78 is 38.0. The number of aryl methyl sites for hydroxylation is 1. The van der Waals surface area contributed by atoms with Gasteiger partial charge in [0.2, 0.25) is 9.04 Å². The predicted octanol–water partition coefficient (Wildman–Crippen LogP) is 8.48. The summed E-state index contributed by atoms with van der Waals surface area (Å²) >= 11 is 0.